The maximum absolute atomic E-state index is 5.81. The zero-order valence-corrected chi connectivity index (χ0v) is 11.4. The van der Waals surface area contributed by atoms with E-state index in [-0.39, 0.29) is 0 Å². The van der Waals surface area contributed by atoms with Crippen LogP contribution < -0.4 is 0 Å². The second kappa shape index (κ2) is 5.55. The van der Waals surface area contributed by atoms with E-state index in [9.17, 15) is 0 Å². The van der Waals surface area contributed by atoms with E-state index >= 15 is 0 Å². The number of aromatic nitrogens is 1. The van der Waals surface area contributed by atoms with E-state index in [1.165, 1.54) is 51.0 Å². The SMILES string of the molecule is Clc1ccc(CN2CCN3CCCCC3C2)cn1. The van der Waals surface area contributed by atoms with E-state index < -0.39 is 0 Å². The van der Waals surface area contributed by atoms with Crippen molar-refractivity contribution in [2.75, 3.05) is 26.2 Å². The first-order valence-electron chi connectivity index (χ1n) is 6.88. The Labute approximate surface area is 114 Å². The molecule has 2 aliphatic heterocycles. The van der Waals surface area contributed by atoms with E-state index in [4.69, 9.17) is 11.6 Å². The summed E-state index contributed by atoms with van der Waals surface area (Å²) in [6.45, 7) is 5.93. The Hall–Kier alpha value is -0.640. The lowest BCUT2D eigenvalue weighted by atomic mass is 9.99. The fourth-order valence-corrected chi connectivity index (χ4v) is 3.23. The highest BCUT2D eigenvalue weighted by Crippen LogP contribution is 2.22. The van der Waals surface area contributed by atoms with Gasteiger partial charge in [0.2, 0.25) is 0 Å². The number of pyridine rings is 1. The summed E-state index contributed by atoms with van der Waals surface area (Å²) in [6, 6.07) is 4.75. The first-order valence-corrected chi connectivity index (χ1v) is 7.26. The third-order valence-corrected chi connectivity index (χ3v) is 4.34. The minimum atomic E-state index is 0.579. The van der Waals surface area contributed by atoms with E-state index in [0.717, 1.165) is 12.6 Å². The Morgan fingerprint density at radius 3 is 3.00 bits per heavy atom. The quantitative estimate of drug-likeness (QED) is 0.766. The van der Waals surface area contributed by atoms with Gasteiger partial charge in [-0.15, -0.1) is 0 Å². The van der Waals surface area contributed by atoms with Crippen LogP contribution in [-0.4, -0.2) is 47.0 Å². The van der Waals surface area contributed by atoms with Crippen molar-refractivity contribution in [2.24, 2.45) is 0 Å². The molecule has 0 N–H and O–H groups in total. The Balaban J connectivity index is 1.59. The molecular formula is C14H20ClN3. The highest BCUT2D eigenvalue weighted by molar-refractivity contribution is 6.29. The van der Waals surface area contributed by atoms with Gasteiger partial charge in [0.15, 0.2) is 0 Å². The largest absolute Gasteiger partial charge is 0.298 e. The van der Waals surface area contributed by atoms with Crippen molar-refractivity contribution in [3.63, 3.8) is 0 Å². The zero-order valence-electron chi connectivity index (χ0n) is 10.7. The van der Waals surface area contributed by atoms with Gasteiger partial charge < -0.3 is 0 Å². The molecule has 1 unspecified atom stereocenters. The van der Waals surface area contributed by atoms with Crippen molar-refractivity contribution in [3.05, 3.63) is 29.0 Å². The van der Waals surface area contributed by atoms with Crippen LogP contribution >= 0.6 is 11.6 Å². The summed E-state index contributed by atoms with van der Waals surface area (Å²) in [4.78, 5) is 9.37. The highest BCUT2D eigenvalue weighted by atomic mass is 35.5. The van der Waals surface area contributed by atoms with Gasteiger partial charge in [0.1, 0.15) is 5.15 Å². The predicted octanol–water partition coefficient (Wildman–Crippen LogP) is 2.41. The van der Waals surface area contributed by atoms with Crippen LogP contribution in [0.2, 0.25) is 5.15 Å². The van der Waals surface area contributed by atoms with E-state index in [1.807, 2.05) is 12.3 Å². The van der Waals surface area contributed by atoms with Crippen LogP contribution in [0.25, 0.3) is 0 Å². The molecule has 0 saturated carbocycles. The number of hydrogen-bond acceptors (Lipinski definition) is 3. The molecule has 3 rings (SSSR count). The Bertz CT molecular complexity index is 393. The van der Waals surface area contributed by atoms with Gasteiger partial charge in [-0.05, 0) is 31.0 Å². The number of piperidine rings is 1. The number of fused-ring (bicyclic) bond motifs is 1. The molecule has 3 heterocycles. The Morgan fingerprint density at radius 1 is 1.22 bits per heavy atom. The molecule has 0 aromatic carbocycles. The molecule has 18 heavy (non-hydrogen) atoms. The summed E-state index contributed by atoms with van der Waals surface area (Å²) in [5.74, 6) is 0. The van der Waals surface area contributed by atoms with Crippen molar-refractivity contribution in [1.29, 1.82) is 0 Å². The molecule has 2 saturated heterocycles. The molecule has 1 atom stereocenters. The first-order chi connectivity index (χ1) is 8.81. The predicted molar refractivity (Wildman–Crippen MR) is 73.7 cm³/mol. The van der Waals surface area contributed by atoms with Crippen molar-refractivity contribution < 1.29 is 0 Å². The standard InChI is InChI=1S/C14H20ClN3/c15-14-5-4-12(9-16-14)10-17-7-8-18-6-2-1-3-13(18)11-17/h4-5,9,13H,1-3,6-8,10-11H2. The summed E-state index contributed by atoms with van der Waals surface area (Å²) in [5.41, 5.74) is 1.27. The van der Waals surface area contributed by atoms with Gasteiger partial charge >= 0.3 is 0 Å². The van der Waals surface area contributed by atoms with Crippen LogP contribution in [0.3, 0.4) is 0 Å². The van der Waals surface area contributed by atoms with Crippen LogP contribution in [0, 0.1) is 0 Å². The maximum Gasteiger partial charge on any atom is 0.129 e. The topological polar surface area (TPSA) is 19.4 Å². The van der Waals surface area contributed by atoms with Gasteiger partial charge in [-0.3, -0.25) is 9.80 Å². The van der Waals surface area contributed by atoms with Crippen LogP contribution in [0.4, 0.5) is 0 Å². The van der Waals surface area contributed by atoms with Crippen LogP contribution in [-0.2, 0) is 6.54 Å². The highest BCUT2D eigenvalue weighted by Gasteiger charge is 2.28. The molecule has 1 aromatic rings. The van der Waals surface area contributed by atoms with Crippen LogP contribution in [0.5, 0.6) is 0 Å². The Kier molecular flexibility index (Phi) is 3.83. The number of halogens is 1. The van der Waals surface area contributed by atoms with Crippen molar-refractivity contribution in [2.45, 2.75) is 31.8 Å². The summed E-state index contributed by atoms with van der Waals surface area (Å²) >= 11 is 5.81. The average Bonchev–Trinajstić information content (AvgIpc) is 2.41. The monoisotopic (exact) mass is 265 g/mol. The molecule has 1 aromatic heterocycles. The maximum atomic E-state index is 5.81. The second-order valence-corrected chi connectivity index (χ2v) is 5.80. The third-order valence-electron chi connectivity index (χ3n) is 4.12. The molecule has 0 aliphatic carbocycles. The molecule has 0 radical (unpaired) electrons. The normalized spacial score (nSPS) is 25.9. The van der Waals surface area contributed by atoms with Crippen LogP contribution in [0.15, 0.2) is 18.3 Å². The minimum absolute atomic E-state index is 0.579. The fourth-order valence-electron chi connectivity index (χ4n) is 3.12. The van der Waals surface area contributed by atoms with Gasteiger partial charge in [-0.25, -0.2) is 4.98 Å². The van der Waals surface area contributed by atoms with Gasteiger partial charge in [-0.1, -0.05) is 24.1 Å². The molecule has 0 amide bonds. The third kappa shape index (κ3) is 2.85. The summed E-state index contributed by atoms with van der Waals surface area (Å²) in [5, 5.41) is 0.579. The summed E-state index contributed by atoms with van der Waals surface area (Å²) in [7, 11) is 0. The summed E-state index contributed by atoms with van der Waals surface area (Å²) < 4.78 is 0. The first kappa shape index (κ1) is 12.4. The molecule has 3 nitrogen and oxygen atoms in total. The van der Waals surface area contributed by atoms with E-state index in [2.05, 4.69) is 20.9 Å². The van der Waals surface area contributed by atoms with Crippen molar-refractivity contribution in [3.8, 4) is 0 Å². The molecule has 4 heteroatoms. The minimum Gasteiger partial charge on any atom is -0.298 e. The lowest BCUT2D eigenvalue weighted by Crippen LogP contribution is -2.54. The number of nitrogens with zero attached hydrogens (tertiary/aromatic N) is 3. The summed E-state index contributed by atoms with van der Waals surface area (Å²) in [6.07, 6.45) is 6.06. The smallest absolute Gasteiger partial charge is 0.129 e. The second-order valence-electron chi connectivity index (χ2n) is 5.41. The lowest BCUT2D eigenvalue weighted by Gasteiger charge is -2.44. The van der Waals surface area contributed by atoms with E-state index in [1.54, 1.807) is 0 Å². The van der Waals surface area contributed by atoms with Crippen molar-refractivity contribution >= 4 is 11.6 Å². The van der Waals surface area contributed by atoms with E-state index in [0.29, 0.717) is 5.15 Å². The van der Waals surface area contributed by atoms with Gasteiger partial charge in [-0.2, -0.15) is 0 Å². The number of rotatable bonds is 2. The lowest BCUT2D eigenvalue weighted by molar-refractivity contribution is 0.0456. The van der Waals surface area contributed by atoms with Gasteiger partial charge in [0.05, 0.1) is 0 Å². The number of hydrogen-bond donors (Lipinski definition) is 0. The van der Waals surface area contributed by atoms with Crippen molar-refractivity contribution in [1.82, 2.24) is 14.8 Å². The molecule has 2 aliphatic rings. The number of piperazine rings is 1. The zero-order chi connectivity index (χ0) is 12.4. The van der Waals surface area contributed by atoms with Crippen LogP contribution in [0.1, 0.15) is 24.8 Å². The van der Waals surface area contributed by atoms with Gasteiger partial charge in [0.25, 0.3) is 0 Å². The van der Waals surface area contributed by atoms with Gasteiger partial charge in [0, 0.05) is 38.4 Å². The molecule has 98 valence electrons. The molecule has 0 bridgehead atoms. The molecular weight excluding hydrogens is 246 g/mol. The molecule has 2 fully saturated rings. The Morgan fingerprint density at radius 2 is 2.17 bits per heavy atom. The average molecular weight is 266 g/mol. The fraction of sp³-hybridized carbons (Fsp3) is 0.643. The molecule has 0 spiro atoms.